The third-order valence-corrected chi connectivity index (χ3v) is 4.98. The van der Waals surface area contributed by atoms with Crippen LogP contribution in [-0.4, -0.2) is 47.6 Å². The molecule has 0 saturated carbocycles. The fraction of sp³-hybridized carbons (Fsp3) is 0.391. The molecule has 157 valence electrons. The highest BCUT2D eigenvalue weighted by Crippen LogP contribution is 2.28. The molecule has 30 heavy (non-hydrogen) atoms. The number of carbonyl (C=O) groups is 2. The van der Waals surface area contributed by atoms with Crippen molar-refractivity contribution < 1.29 is 14.3 Å². The Kier molecular flexibility index (Phi) is 5.92. The van der Waals surface area contributed by atoms with E-state index in [0.717, 1.165) is 11.1 Å². The maximum absolute atomic E-state index is 12.9. The van der Waals surface area contributed by atoms with Gasteiger partial charge in [0.1, 0.15) is 11.5 Å². The van der Waals surface area contributed by atoms with Crippen LogP contribution in [0.1, 0.15) is 65.4 Å². The van der Waals surface area contributed by atoms with Crippen LogP contribution in [0.3, 0.4) is 0 Å². The van der Waals surface area contributed by atoms with Crippen LogP contribution in [0.5, 0.6) is 5.75 Å². The van der Waals surface area contributed by atoms with Crippen LogP contribution in [0.15, 0.2) is 24.3 Å². The number of aromatic nitrogens is 1. The molecule has 3 rings (SSSR count). The molecule has 1 aromatic heterocycles. The largest absolute Gasteiger partial charge is 0.491 e. The van der Waals surface area contributed by atoms with E-state index in [1.165, 1.54) is 7.05 Å². The second-order valence-electron chi connectivity index (χ2n) is 8.22. The summed E-state index contributed by atoms with van der Waals surface area (Å²) in [6.45, 7) is 8.87. The van der Waals surface area contributed by atoms with Gasteiger partial charge in [0, 0.05) is 24.7 Å². The van der Waals surface area contributed by atoms with E-state index in [4.69, 9.17) is 10.1 Å². The van der Waals surface area contributed by atoms with Crippen LogP contribution in [0, 0.1) is 11.5 Å². The Bertz CT molecular complexity index is 1010. The van der Waals surface area contributed by atoms with Gasteiger partial charge < -0.3 is 15.0 Å². The number of ketones is 1. The standard InChI is InChI=1S/C23H27N4O3/c1-6-30-18-11-15-12-27(21(24)19(15)26-20(18)22(29)25-5)13-17(28)14-8-7-9-16(10-14)23(2,3)4/h7-8,10-11,24H,6,12-13H2,1-5H3,(H,25,29). The minimum atomic E-state index is -0.376. The average Bonchev–Trinajstić information content (AvgIpc) is 3.01. The van der Waals surface area contributed by atoms with Crippen molar-refractivity contribution in [2.24, 2.45) is 0 Å². The maximum atomic E-state index is 12.9. The zero-order valence-electron chi connectivity index (χ0n) is 18.0. The van der Waals surface area contributed by atoms with Crippen LogP contribution >= 0.6 is 0 Å². The third-order valence-electron chi connectivity index (χ3n) is 4.98. The first-order chi connectivity index (χ1) is 14.2. The molecule has 7 heteroatoms. The molecule has 1 radical (unpaired) electrons. The van der Waals surface area contributed by atoms with Gasteiger partial charge in [-0.1, -0.05) is 32.9 Å². The van der Waals surface area contributed by atoms with Crippen LogP contribution in [0.2, 0.25) is 0 Å². The summed E-state index contributed by atoms with van der Waals surface area (Å²) < 4.78 is 5.57. The Morgan fingerprint density at radius 2 is 2.07 bits per heavy atom. The molecule has 0 fully saturated rings. The van der Waals surface area contributed by atoms with E-state index in [2.05, 4.69) is 37.1 Å². The van der Waals surface area contributed by atoms with E-state index in [1.807, 2.05) is 13.0 Å². The number of rotatable bonds is 6. The maximum Gasteiger partial charge on any atom is 0.273 e. The SMILES string of the molecule is CCOc1cc2c(nc1C(=O)NC)C(=N)N(CC(=O)c1cc[c]c(C(C)(C)C)c1)C2. The minimum Gasteiger partial charge on any atom is -0.491 e. The molecule has 0 saturated heterocycles. The molecule has 7 nitrogen and oxygen atoms in total. The van der Waals surface area contributed by atoms with Gasteiger partial charge in [0.15, 0.2) is 17.2 Å². The molecule has 2 aromatic rings. The molecule has 1 aliphatic heterocycles. The molecule has 2 N–H and O–H groups in total. The van der Waals surface area contributed by atoms with Crippen molar-refractivity contribution in [1.29, 1.82) is 5.41 Å². The topological polar surface area (TPSA) is 95.4 Å². The summed E-state index contributed by atoms with van der Waals surface area (Å²) in [5, 5.41) is 11.0. The lowest BCUT2D eigenvalue weighted by Crippen LogP contribution is -2.31. The molecular weight excluding hydrogens is 380 g/mol. The molecule has 2 heterocycles. The molecule has 1 aromatic carbocycles. The summed E-state index contributed by atoms with van der Waals surface area (Å²) in [4.78, 5) is 31.1. The van der Waals surface area contributed by atoms with Gasteiger partial charge in [-0.15, -0.1) is 0 Å². The Labute approximate surface area is 177 Å². The first kappa shape index (κ1) is 21.5. The van der Waals surface area contributed by atoms with Crippen LogP contribution in [-0.2, 0) is 12.0 Å². The number of benzene rings is 1. The molecule has 0 aliphatic carbocycles. The number of carbonyl (C=O) groups excluding carboxylic acids is 2. The summed E-state index contributed by atoms with van der Waals surface area (Å²) in [6.07, 6.45) is 0. The van der Waals surface area contributed by atoms with E-state index >= 15 is 0 Å². The van der Waals surface area contributed by atoms with Crippen molar-refractivity contribution in [3.05, 3.63) is 58.4 Å². The highest BCUT2D eigenvalue weighted by molar-refractivity contribution is 6.05. The molecule has 0 bridgehead atoms. The van der Waals surface area contributed by atoms with E-state index < -0.39 is 0 Å². The van der Waals surface area contributed by atoms with Crippen molar-refractivity contribution in [2.45, 2.75) is 39.7 Å². The Balaban J connectivity index is 1.84. The first-order valence-corrected chi connectivity index (χ1v) is 9.93. The number of nitrogens with zero attached hydrogens (tertiary/aromatic N) is 2. The van der Waals surface area contributed by atoms with Crippen LogP contribution in [0.25, 0.3) is 0 Å². The number of pyridine rings is 1. The number of hydrogen-bond acceptors (Lipinski definition) is 5. The molecule has 0 spiro atoms. The predicted molar refractivity (Wildman–Crippen MR) is 114 cm³/mol. The summed E-state index contributed by atoms with van der Waals surface area (Å²) in [5.74, 6) is 0.0533. The number of Topliss-reactive ketones (excluding diaryl/α,β-unsaturated/α-hetero) is 1. The van der Waals surface area contributed by atoms with Gasteiger partial charge >= 0.3 is 0 Å². The van der Waals surface area contributed by atoms with Crippen LogP contribution < -0.4 is 10.1 Å². The van der Waals surface area contributed by atoms with E-state index in [-0.39, 0.29) is 35.2 Å². The highest BCUT2D eigenvalue weighted by Gasteiger charge is 2.30. The Morgan fingerprint density at radius 3 is 2.70 bits per heavy atom. The molecule has 1 amide bonds. The van der Waals surface area contributed by atoms with Gasteiger partial charge in [-0.25, -0.2) is 4.98 Å². The summed E-state index contributed by atoms with van der Waals surface area (Å²) in [5.41, 5.74) is 2.76. The summed E-state index contributed by atoms with van der Waals surface area (Å²) >= 11 is 0. The molecule has 1 aliphatic rings. The van der Waals surface area contributed by atoms with E-state index in [0.29, 0.717) is 30.2 Å². The first-order valence-electron chi connectivity index (χ1n) is 9.93. The number of nitrogens with one attached hydrogen (secondary N) is 2. The second-order valence-corrected chi connectivity index (χ2v) is 8.22. The highest BCUT2D eigenvalue weighted by atomic mass is 16.5. The van der Waals surface area contributed by atoms with Gasteiger partial charge in [-0.3, -0.25) is 15.0 Å². The fourth-order valence-electron chi connectivity index (χ4n) is 3.31. The van der Waals surface area contributed by atoms with Crippen molar-refractivity contribution in [3.8, 4) is 5.75 Å². The molecule has 0 atom stereocenters. The average molecular weight is 407 g/mol. The molecule has 0 unspecified atom stereocenters. The number of fused-ring (bicyclic) bond motifs is 1. The van der Waals surface area contributed by atoms with Gasteiger partial charge in [0.2, 0.25) is 0 Å². The second kappa shape index (κ2) is 8.26. The number of amidine groups is 1. The quantitative estimate of drug-likeness (QED) is 0.718. The predicted octanol–water partition coefficient (Wildman–Crippen LogP) is 2.96. The summed E-state index contributed by atoms with van der Waals surface area (Å²) in [7, 11) is 1.52. The van der Waals surface area contributed by atoms with Crippen LogP contribution in [0.4, 0.5) is 0 Å². The van der Waals surface area contributed by atoms with Crippen molar-refractivity contribution >= 4 is 17.5 Å². The number of amides is 1. The zero-order chi connectivity index (χ0) is 22.1. The van der Waals surface area contributed by atoms with Gasteiger partial charge in [-0.2, -0.15) is 0 Å². The lowest BCUT2D eigenvalue weighted by atomic mass is 9.86. The van der Waals surface area contributed by atoms with Gasteiger partial charge in [-0.05, 0) is 36.1 Å². The van der Waals surface area contributed by atoms with Crippen molar-refractivity contribution in [3.63, 3.8) is 0 Å². The number of ether oxygens (including phenoxy) is 1. The molecular formula is C23H27N4O3. The zero-order valence-corrected chi connectivity index (χ0v) is 18.0. The third kappa shape index (κ3) is 4.20. The summed E-state index contributed by atoms with van der Waals surface area (Å²) in [6, 6.07) is 10.3. The van der Waals surface area contributed by atoms with E-state index in [1.54, 1.807) is 23.1 Å². The van der Waals surface area contributed by atoms with E-state index in [9.17, 15) is 9.59 Å². The smallest absolute Gasteiger partial charge is 0.273 e. The lowest BCUT2D eigenvalue weighted by molar-refractivity contribution is 0.0949. The Hall–Kier alpha value is -3.22. The van der Waals surface area contributed by atoms with Crippen molar-refractivity contribution in [1.82, 2.24) is 15.2 Å². The number of hydrogen-bond donors (Lipinski definition) is 2. The monoisotopic (exact) mass is 407 g/mol. The normalized spacial score (nSPS) is 13.2. The van der Waals surface area contributed by atoms with Gasteiger partial charge in [0.25, 0.3) is 5.91 Å². The van der Waals surface area contributed by atoms with Gasteiger partial charge in [0.05, 0.1) is 13.2 Å². The lowest BCUT2D eigenvalue weighted by Gasteiger charge is -2.20. The minimum absolute atomic E-state index is 0.0576. The fourth-order valence-corrected chi connectivity index (χ4v) is 3.31. The Morgan fingerprint density at radius 1 is 1.33 bits per heavy atom. The van der Waals surface area contributed by atoms with Crippen molar-refractivity contribution in [2.75, 3.05) is 20.2 Å².